The van der Waals surface area contributed by atoms with Crippen molar-refractivity contribution in [3.63, 3.8) is 0 Å². The number of benzene rings is 15. The Balaban J connectivity index is 1.03. The van der Waals surface area contributed by atoms with Crippen LogP contribution in [-0.2, 0) is 0 Å². The van der Waals surface area contributed by atoms with E-state index in [1.165, 1.54) is 103 Å². The van der Waals surface area contributed by atoms with Gasteiger partial charge in [-0.05, 0) is 188 Å². The lowest BCUT2D eigenvalue weighted by atomic mass is 9.84. The van der Waals surface area contributed by atoms with Crippen LogP contribution in [0.2, 0.25) is 0 Å². The van der Waals surface area contributed by atoms with Crippen LogP contribution in [0.25, 0.3) is 109 Å². The van der Waals surface area contributed by atoms with Crippen molar-refractivity contribution in [3.8, 4) is 33.4 Å². The summed E-state index contributed by atoms with van der Waals surface area (Å²) in [6.45, 7) is 0. The topological polar surface area (TPSA) is 6.48 Å². The third-order valence-corrected chi connectivity index (χ3v) is 15.9. The van der Waals surface area contributed by atoms with Crippen LogP contribution in [0.1, 0.15) is 0 Å². The van der Waals surface area contributed by atoms with E-state index in [2.05, 4.69) is 313 Å². The molecule has 0 radical (unpaired) electrons. The summed E-state index contributed by atoms with van der Waals surface area (Å²) in [6.07, 6.45) is 0. The molecule has 0 saturated carbocycles. The van der Waals surface area contributed by atoms with Crippen LogP contribution in [0.3, 0.4) is 0 Å². The lowest BCUT2D eigenvalue weighted by Gasteiger charge is -2.29. The minimum atomic E-state index is 1.08. The Labute approximate surface area is 453 Å². The number of rotatable bonds is 9. The summed E-state index contributed by atoms with van der Waals surface area (Å²) >= 11 is 0. The molecule has 0 fully saturated rings. The highest BCUT2D eigenvalue weighted by atomic mass is 15.1. The Bertz CT molecular complexity index is 4650. The van der Waals surface area contributed by atoms with Crippen molar-refractivity contribution in [1.29, 1.82) is 0 Å². The van der Waals surface area contributed by atoms with E-state index in [0.717, 1.165) is 39.7 Å². The summed E-state index contributed by atoms with van der Waals surface area (Å²) in [5.74, 6) is 0. The van der Waals surface area contributed by atoms with Gasteiger partial charge in [0.25, 0.3) is 0 Å². The predicted octanol–water partition coefficient (Wildman–Crippen LogP) is 21.7. The molecule has 15 aromatic rings. The quantitative estimate of drug-likeness (QED) is 0.133. The summed E-state index contributed by atoms with van der Waals surface area (Å²) in [5, 5.41) is 16.8. The maximum Gasteiger partial charge on any atom is 0.0468 e. The molecule has 0 N–H and O–H groups in total. The van der Waals surface area contributed by atoms with Crippen LogP contribution >= 0.6 is 0 Å². The normalized spacial score (nSPS) is 11.6. The molecular formula is C76H50N2. The largest absolute Gasteiger partial charge is 0.310 e. The van der Waals surface area contributed by atoms with Crippen molar-refractivity contribution in [2.45, 2.75) is 0 Å². The van der Waals surface area contributed by atoms with Crippen LogP contribution < -0.4 is 9.80 Å². The predicted molar refractivity (Wildman–Crippen MR) is 335 cm³/mol. The summed E-state index contributed by atoms with van der Waals surface area (Å²) in [6, 6.07) is 112. The van der Waals surface area contributed by atoms with E-state index in [-0.39, 0.29) is 0 Å². The fourth-order valence-corrected chi connectivity index (χ4v) is 12.1. The number of hydrogen-bond acceptors (Lipinski definition) is 2. The molecule has 0 amide bonds. The molecular weight excluding hydrogens is 941 g/mol. The van der Waals surface area contributed by atoms with E-state index in [1.807, 2.05) is 0 Å². The first-order chi connectivity index (χ1) is 38.6. The van der Waals surface area contributed by atoms with Gasteiger partial charge in [-0.15, -0.1) is 0 Å². The van der Waals surface area contributed by atoms with Gasteiger partial charge in [0, 0.05) is 34.1 Å². The SMILES string of the molecule is c1ccc(-c2ccc(-c3c4ccc(N(c5ccc6ccccc6c5)c5ccc6ccccc6c5)cc4c(-c4ccc5ccccc5c4)c4ccc(N(c5ccc6ccccc6c5)c5ccc6ccccc6c5)cc34)cc2)cc1. The Morgan fingerprint density at radius 1 is 0.154 bits per heavy atom. The van der Waals surface area contributed by atoms with E-state index in [9.17, 15) is 0 Å². The average Bonchev–Trinajstić information content (AvgIpc) is 3.61. The molecule has 15 aromatic carbocycles. The van der Waals surface area contributed by atoms with Gasteiger partial charge >= 0.3 is 0 Å². The molecule has 0 saturated heterocycles. The Morgan fingerprint density at radius 2 is 0.423 bits per heavy atom. The fourth-order valence-electron chi connectivity index (χ4n) is 12.1. The van der Waals surface area contributed by atoms with Gasteiger partial charge in [0.2, 0.25) is 0 Å². The second kappa shape index (κ2) is 18.8. The van der Waals surface area contributed by atoms with Gasteiger partial charge < -0.3 is 9.80 Å². The van der Waals surface area contributed by atoms with Gasteiger partial charge in [-0.3, -0.25) is 0 Å². The Kier molecular flexibility index (Phi) is 10.9. The number of hydrogen-bond donors (Lipinski definition) is 0. The summed E-state index contributed by atoms with van der Waals surface area (Å²) in [4.78, 5) is 4.88. The molecule has 0 aromatic heterocycles. The lowest BCUT2D eigenvalue weighted by molar-refractivity contribution is 1.30. The highest BCUT2D eigenvalue weighted by Crippen LogP contribution is 2.50. The van der Waals surface area contributed by atoms with Gasteiger partial charge in [0.05, 0.1) is 0 Å². The maximum atomic E-state index is 2.45. The van der Waals surface area contributed by atoms with E-state index >= 15 is 0 Å². The third kappa shape index (κ3) is 7.98. The van der Waals surface area contributed by atoms with Crippen LogP contribution in [0.4, 0.5) is 34.1 Å². The molecule has 0 unspecified atom stereocenters. The van der Waals surface area contributed by atoms with Gasteiger partial charge in [0.1, 0.15) is 0 Å². The molecule has 2 nitrogen and oxygen atoms in total. The Morgan fingerprint density at radius 3 is 0.821 bits per heavy atom. The highest BCUT2D eigenvalue weighted by molar-refractivity contribution is 6.23. The first-order valence-electron chi connectivity index (χ1n) is 26.9. The Hall–Kier alpha value is -10.3. The van der Waals surface area contributed by atoms with Crippen molar-refractivity contribution in [2.75, 3.05) is 9.80 Å². The monoisotopic (exact) mass is 990 g/mol. The molecule has 0 aliphatic carbocycles. The smallest absolute Gasteiger partial charge is 0.0468 e. The van der Waals surface area contributed by atoms with Crippen LogP contribution in [0.15, 0.2) is 303 Å². The minimum Gasteiger partial charge on any atom is -0.310 e. The van der Waals surface area contributed by atoms with E-state index < -0.39 is 0 Å². The average molecular weight is 991 g/mol. The molecule has 0 aliphatic heterocycles. The lowest BCUT2D eigenvalue weighted by Crippen LogP contribution is -2.10. The third-order valence-electron chi connectivity index (χ3n) is 15.9. The van der Waals surface area contributed by atoms with E-state index in [0.29, 0.717) is 0 Å². The molecule has 0 atom stereocenters. The first-order valence-corrected chi connectivity index (χ1v) is 26.9. The zero-order valence-corrected chi connectivity index (χ0v) is 42.8. The molecule has 15 rings (SSSR count). The molecule has 0 spiro atoms. The van der Waals surface area contributed by atoms with Gasteiger partial charge in [0.15, 0.2) is 0 Å². The van der Waals surface area contributed by atoms with Gasteiger partial charge in [-0.1, -0.05) is 224 Å². The second-order valence-electron chi connectivity index (χ2n) is 20.5. The van der Waals surface area contributed by atoms with E-state index in [1.54, 1.807) is 0 Å². The van der Waals surface area contributed by atoms with Crippen molar-refractivity contribution in [2.24, 2.45) is 0 Å². The number of fused-ring (bicyclic) bond motifs is 7. The van der Waals surface area contributed by atoms with Crippen molar-refractivity contribution in [3.05, 3.63) is 303 Å². The zero-order chi connectivity index (χ0) is 51.5. The molecule has 78 heavy (non-hydrogen) atoms. The molecule has 364 valence electrons. The summed E-state index contributed by atoms with van der Waals surface area (Å²) in [5.41, 5.74) is 13.6. The number of nitrogens with zero attached hydrogens (tertiary/aromatic N) is 2. The molecule has 2 heteroatoms. The van der Waals surface area contributed by atoms with Crippen LogP contribution in [-0.4, -0.2) is 0 Å². The summed E-state index contributed by atoms with van der Waals surface area (Å²) in [7, 11) is 0. The molecule has 0 bridgehead atoms. The van der Waals surface area contributed by atoms with Crippen LogP contribution in [0, 0.1) is 0 Å². The highest BCUT2D eigenvalue weighted by Gasteiger charge is 2.23. The minimum absolute atomic E-state index is 1.08. The standard InChI is InChI=1S/C76H50N2/c1-2-14-51(15-3-1)57-26-29-58(30-27-57)75-71-42-40-70(78(67-38-34-55-19-7-12-24-62(55)47-67)68-39-35-56-20-8-13-25-63(56)48-68)50-74(71)76(64-31-28-52-16-4-9-21-59(52)44-64)72-43-41-69(49-73(72)75)77(65-36-32-53-17-5-10-22-60(53)45-65)66-37-33-54-18-6-11-23-61(54)46-66/h1-50H. The van der Waals surface area contributed by atoms with Gasteiger partial charge in [-0.2, -0.15) is 0 Å². The van der Waals surface area contributed by atoms with Crippen molar-refractivity contribution >= 4 is 110 Å². The molecule has 0 heterocycles. The zero-order valence-electron chi connectivity index (χ0n) is 42.8. The van der Waals surface area contributed by atoms with Crippen molar-refractivity contribution in [1.82, 2.24) is 0 Å². The molecule has 0 aliphatic rings. The maximum absolute atomic E-state index is 2.45. The fraction of sp³-hybridized carbons (Fsp3) is 0. The second-order valence-corrected chi connectivity index (χ2v) is 20.5. The van der Waals surface area contributed by atoms with E-state index in [4.69, 9.17) is 0 Å². The van der Waals surface area contributed by atoms with Gasteiger partial charge in [-0.25, -0.2) is 0 Å². The van der Waals surface area contributed by atoms with Crippen LogP contribution in [0.5, 0.6) is 0 Å². The first kappa shape index (κ1) is 45.1. The number of anilines is 6. The summed E-state index contributed by atoms with van der Waals surface area (Å²) < 4.78 is 0. The van der Waals surface area contributed by atoms with Crippen molar-refractivity contribution < 1.29 is 0 Å².